The summed E-state index contributed by atoms with van der Waals surface area (Å²) in [5.74, 6) is 0.661. The van der Waals surface area contributed by atoms with E-state index in [1.807, 2.05) is 6.07 Å². The summed E-state index contributed by atoms with van der Waals surface area (Å²) in [4.78, 5) is 12.5. The molecule has 2 nitrogen and oxygen atoms in total. The molecule has 1 heterocycles. The normalized spacial score (nSPS) is 12.9. The quantitative estimate of drug-likeness (QED) is 0.734. The number of fused-ring (bicyclic) bond motifs is 1. The van der Waals surface area contributed by atoms with Gasteiger partial charge in [0.1, 0.15) is 5.75 Å². The number of Topliss-reactive ketones (excluding diaryl/α,β-unsaturated/α-hetero) is 1. The molecule has 0 aliphatic carbocycles. The van der Waals surface area contributed by atoms with Gasteiger partial charge in [-0.15, -0.1) is 0 Å². The van der Waals surface area contributed by atoms with Crippen LogP contribution in [0.5, 0.6) is 5.75 Å². The molecule has 2 aromatic rings. The maximum Gasteiger partial charge on any atom is 0.168 e. The van der Waals surface area contributed by atoms with Crippen LogP contribution >= 0.6 is 34.8 Å². The predicted octanol–water partition coefficient (Wildman–Crippen LogP) is 5.01. The standard InChI is InChI=1S/C16H11Cl3O2/c17-11-6-9-4-5-21-16(9)10(7-11)8-14(20)12-2-1-3-13(18)15(12)19/h1-3,6-7H,4-5,8H2. The highest BCUT2D eigenvalue weighted by atomic mass is 35.5. The molecule has 0 aromatic heterocycles. The van der Waals surface area contributed by atoms with Crippen LogP contribution in [0.4, 0.5) is 0 Å². The van der Waals surface area contributed by atoms with Crippen molar-refractivity contribution in [2.45, 2.75) is 12.8 Å². The number of hydrogen-bond acceptors (Lipinski definition) is 2. The van der Waals surface area contributed by atoms with Crippen LogP contribution in [0.25, 0.3) is 0 Å². The van der Waals surface area contributed by atoms with E-state index in [2.05, 4.69) is 0 Å². The Morgan fingerprint density at radius 2 is 2.00 bits per heavy atom. The SMILES string of the molecule is O=C(Cc1cc(Cl)cc2c1OCC2)c1cccc(Cl)c1Cl. The lowest BCUT2D eigenvalue weighted by Crippen LogP contribution is -2.06. The molecule has 2 aromatic carbocycles. The van der Waals surface area contributed by atoms with Gasteiger partial charge in [-0.3, -0.25) is 4.79 Å². The highest BCUT2D eigenvalue weighted by Gasteiger charge is 2.21. The summed E-state index contributed by atoms with van der Waals surface area (Å²) in [5.41, 5.74) is 2.24. The summed E-state index contributed by atoms with van der Waals surface area (Å²) in [7, 11) is 0. The zero-order valence-corrected chi connectivity index (χ0v) is 13.2. The molecule has 3 rings (SSSR count). The van der Waals surface area contributed by atoms with Gasteiger partial charge in [0.2, 0.25) is 0 Å². The Morgan fingerprint density at radius 1 is 1.19 bits per heavy atom. The van der Waals surface area contributed by atoms with Gasteiger partial charge in [0.15, 0.2) is 5.78 Å². The number of carbonyl (C=O) groups is 1. The van der Waals surface area contributed by atoms with Gasteiger partial charge >= 0.3 is 0 Å². The predicted molar refractivity (Wildman–Crippen MR) is 85.1 cm³/mol. The van der Waals surface area contributed by atoms with E-state index >= 15 is 0 Å². The summed E-state index contributed by atoms with van der Waals surface area (Å²) >= 11 is 18.1. The summed E-state index contributed by atoms with van der Waals surface area (Å²) in [6, 6.07) is 8.68. The molecule has 1 aliphatic heterocycles. The van der Waals surface area contributed by atoms with Gasteiger partial charge in [0.05, 0.1) is 16.7 Å². The van der Waals surface area contributed by atoms with E-state index in [9.17, 15) is 4.79 Å². The van der Waals surface area contributed by atoms with E-state index in [0.717, 1.165) is 23.3 Å². The summed E-state index contributed by atoms with van der Waals surface area (Å²) < 4.78 is 5.61. The maximum absolute atomic E-state index is 12.5. The molecule has 108 valence electrons. The first-order valence-corrected chi connectivity index (χ1v) is 7.61. The molecule has 0 atom stereocenters. The molecule has 0 N–H and O–H groups in total. The number of ether oxygens (including phenoxy) is 1. The van der Waals surface area contributed by atoms with Gasteiger partial charge in [-0.05, 0) is 29.8 Å². The maximum atomic E-state index is 12.5. The van der Waals surface area contributed by atoms with Crippen molar-refractivity contribution in [3.8, 4) is 5.75 Å². The average molecular weight is 342 g/mol. The summed E-state index contributed by atoms with van der Waals surface area (Å²) in [6.07, 6.45) is 0.998. The second kappa shape index (κ2) is 5.88. The molecule has 1 aliphatic rings. The molecule has 0 saturated carbocycles. The zero-order valence-electron chi connectivity index (χ0n) is 11.0. The summed E-state index contributed by atoms with van der Waals surface area (Å²) in [6.45, 7) is 0.620. The average Bonchev–Trinajstić information content (AvgIpc) is 2.90. The minimum absolute atomic E-state index is 0.109. The summed E-state index contributed by atoms with van der Waals surface area (Å²) in [5, 5.41) is 1.26. The molecule has 0 fully saturated rings. The molecular weight excluding hydrogens is 331 g/mol. The Hall–Kier alpha value is -1.22. The van der Waals surface area contributed by atoms with Crippen LogP contribution in [0.3, 0.4) is 0 Å². The number of hydrogen-bond donors (Lipinski definition) is 0. The molecule has 0 unspecified atom stereocenters. The zero-order chi connectivity index (χ0) is 15.0. The number of carbonyl (C=O) groups excluding carboxylic acids is 1. The minimum Gasteiger partial charge on any atom is -0.493 e. The third-order valence-electron chi connectivity index (χ3n) is 3.43. The molecule has 0 spiro atoms. The van der Waals surface area contributed by atoms with Crippen molar-refractivity contribution >= 4 is 40.6 Å². The first-order chi connectivity index (χ1) is 10.1. The van der Waals surface area contributed by atoms with Crippen LogP contribution in [-0.4, -0.2) is 12.4 Å². The van der Waals surface area contributed by atoms with Gasteiger partial charge in [-0.2, -0.15) is 0 Å². The van der Waals surface area contributed by atoms with E-state index < -0.39 is 0 Å². The van der Waals surface area contributed by atoms with Crippen molar-refractivity contribution in [2.24, 2.45) is 0 Å². The molecular formula is C16H11Cl3O2. The Bertz CT molecular complexity index is 726. The molecule has 0 saturated heterocycles. The second-order valence-electron chi connectivity index (χ2n) is 4.85. The highest BCUT2D eigenvalue weighted by molar-refractivity contribution is 6.44. The van der Waals surface area contributed by atoms with E-state index in [-0.39, 0.29) is 17.2 Å². The van der Waals surface area contributed by atoms with Crippen LogP contribution < -0.4 is 4.74 Å². The van der Waals surface area contributed by atoms with Crippen LogP contribution in [0.1, 0.15) is 21.5 Å². The van der Waals surface area contributed by atoms with Crippen LogP contribution in [0.2, 0.25) is 15.1 Å². The Labute approximate surface area is 137 Å². The lowest BCUT2D eigenvalue weighted by molar-refractivity contribution is 0.0992. The Kier molecular flexibility index (Phi) is 4.12. The van der Waals surface area contributed by atoms with Crippen LogP contribution in [0, 0.1) is 0 Å². The molecule has 21 heavy (non-hydrogen) atoms. The molecule has 5 heteroatoms. The van der Waals surface area contributed by atoms with Crippen LogP contribution in [-0.2, 0) is 12.8 Å². The topological polar surface area (TPSA) is 26.3 Å². The highest BCUT2D eigenvalue weighted by Crippen LogP contribution is 2.34. The third-order valence-corrected chi connectivity index (χ3v) is 4.47. The largest absolute Gasteiger partial charge is 0.493 e. The minimum atomic E-state index is -0.109. The van der Waals surface area contributed by atoms with E-state index in [1.165, 1.54) is 0 Å². The van der Waals surface area contributed by atoms with Crippen molar-refractivity contribution in [2.75, 3.05) is 6.61 Å². The van der Waals surface area contributed by atoms with Gasteiger partial charge < -0.3 is 4.74 Å². The number of rotatable bonds is 3. The fourth-order valence-electron chi connectivity index (χ4n) is 2.46. The monoisotopic (exact) mass is 340 g/mol. The van der Waals surface area contributed by atoms with Crippen molar-refractivity contribution < 1.29 is 9.53 Å². The second-order valence-corrected chi connectivity index (χ2v) is 6.07. The van der Waals surface area contributed by atoms with E-state index in [4.69, 9.17) is 39.5 Å². The lowest BCUT2D eigenvalue weighted by Gasteiger charge is -2.09. The lowest BCUT2D eigenvalue weighted by atomic mass is 10.00. The van der Waals surface area contributed by atoms with Crippen molar-refractivity contribution in [3.05, 3.63) is 62.1 Å². The molecule has 0 bridgehead atoms. The van der Waals surface area contributed by atoms with Gasteiger partial charge in [0, 0.05) is 29.0 Å². The van der Waals surface area contributed by atoms with Crippen molar-refractivity contribution in [1.82, 2.24) is 0 Å². The fourth-order valence-corrected chi connectivity index (χ4v) is 3.13. The van der Waals surface area contributed by atoms with Gasteiger partial charge in [-0.25, -0.2) is 0 Å². The van der Waals surface area contributed by atoms with E-state index in [0.29, 0.717) is 22.2 Å². The smallest absolute Gasteiger partial charge is 0.168 e. The van der Waals surface area contributed by atoms with Crippen molar-refractivity contribution in [1.29, 1.82) is 0 Å². The van der Waals surface area contributed by atoms with Crippen molar-refractivity contribution in [3.63, 3.8) is 0 Å². The van der Waals surface area contributed by atoms with E-state index in [1.54, 1.807) is 24.3 Å². The van der Waals surface area contributed by atoms with Gasteiger partial charge in [-0.1, -0.05) is 40.9 Å². The fraction of sp³-hybridized carbons (Fsp3) is 0.188. The van der Waals surface area contributed by atoms with Gasteiger partial charge in [0.25, 0.3) is 0 Å². The Balaban J connectivity index is 1.94. The number of benzene rings is 2. The van der Waals surface area contributed by atoms with Crippen LogP contribution in [0.15, 0.2) is 30.3 Å². The number of halogens is 3. The Morgan fingerprint density at radius 3 is 2.81 bits per heavy atom. The first kappa shape index (κ1) is 14.7. The molecule has 0 amide bonds. The molecule has 0 radical (unpaired) electrons. The first-order valence-electron chi connectivity index (χ1n) is 6.47. The third kappa shape index (κ3) is 2.89. The number of ketones is 1.